The first-order valence-electron chi connectivity index (χ1n) is 4.85. The molecule has 17 heavy (non-hydrogen) atoms. The molecule has 6 nitrogen and oxygen atoms in total. The van der Waals surface area contributed by atoms with Crippen LogP contribution in [0.5, 0.6) is 6.01 Å². The van der Waals surface area contributed by atoms with Crippen LogP contribution in [0.3, 0.4) is 0 Å². The number of anilines is 2. The fourth-order valence-electron chi connectivity index (χ4n) is 0.961. The van der Waals surface area contributed by atoms with E-state index in [4.69, 9.17) is 10.5 Å². The number of nitrogens with one attached hydrogen (secondary N) is 1. The zero-order chi connectivity index (χ0) is 12.9. The zero-order valence-corrected chi connectivity index (χ0v) is 9.08. The predicted octanol–water partition coefficient (Wildman–Crippen LogP) is 1.22. The Morgan fingerprint density at radius 3 is 2.59 bits per heavy atom. The monoisotopic (exact) mass is 251 g/mol. The van der Waals surface area contributed by atoms with Gasteiger partial charge in [-0.3, -0.25) is 0 Å². The summed E-state index contributed by atoms with van der Waals surface area (Å²) < 4.78 is 40.7. The van der Waals surface area contributed by atoms with E-state index in [0.717, 1.165) is 0 Å². The van der Waals surface area contributed by atoms with Crippen LogP contribution >= 0.6 is 0 Å². The van der Waals surface area contributed by atoms with Crippen LogP contribution in [0.25, 0.3) is 0 Å². The largest absolute Gasteiger partial charge is 0.464 e. The number of halogens is 3. The molecule has 3 N–H and O–H groups in total. The third kappa shape index (κ3) is 5.18. The highest BCUT2D eigenvalue weighted by Gasteiger charge is 2.26. The number of nitrogens with two attached hydrogens (primary N) is 1. The molecule has 0 aliphatic heterocycles. The van der Waals surface area contributed by atoms with E-state index in [2.05, 4.69) is 20.3 Å². The first-order valence-corrected chi connectivity index (χ1v) is 4.85. The zero-order valence-electron chi connectivity index (χ0n) is 9.08. The third-order valence-corrected chi connectivity index (χ3v) is 1.60. The second-order valence-corrected chi connectivity index (χ2v) is 3.02. The van der Waals surface area contributed by atoms with Gasteiger partial charge in [0.05, 0.1) is 13.0 Å². The van der Waals surface area contributed by atoms with Gasteiger partial charge in [-0.25, -0.2) is 0 Å². The van der Waals surface area contributed by atoms with Crippen molar-refractivity contribution in [3.05, 3.63) is 0 Å². The molecule has 0 spiro atoms. The van der Waals surface area contributed by atoms with E-state index in [1.54, 1.807) is 6.92 Å². The highest BCUT2D eigenvalue weighted by Crippen LogP contribution is 2.19. The summed E-state index contributed by atoms with van der Waals surface area (Å²) >= 11 is 0. The molecule has 0 bridgehead atoms. The third-order valence-electron chi connectivity index (χ3n) is 1.60. The average molecular weight is 251 g/mol. The number of hydrogen-bond acceptors (Lipinski definition) is 6. The van der Waals surface area contributed by atoms with Crippen LogP contribution in [-0.2, 0) is 0 Å². The minimum atomic E-state index is -4.23. The Labute approximate surface area is 95.4 Å². The molecular weight excluding hydrogens is 239 g/mol. The molecule has 0 aliphatic carbocycles. The van der Waals surface area contributed by atoms with Gasteiger partial charge >= 0.3 is 12.2 Å². The predicted molar refractivity (Wildman–Crippen MR) is 54.6 cm³/mol. The van der Waals surface area contributed by atoms with Crippen LogP contribution in [0.2, 0.25) is 0 Å². The SMILES string of the molecule is CCOc1nc(N)nc(NCCC(F)(F)F)n1. The highest BCUT2D eigenvalue weighted by atomic mass is 19.4. The van der Waals surface area contributed by atoms with Crippen LogP contribution in [0.15, 0.2) is 0 Å². The maximum Gasteiger partial charge on any atom is 0.390 e. The molecule has 0 aliphatic rings. The summed E-state index contributed by atoms with van der Waals surface area (Å²) in [5, 5.41) is 2.40. The summed E-state index contributed by atoms with van der Waals surface area (Å²) in [6.07, 6.45) is -5.21. The first-order chi connectivity index (χ1) is 7.90. The smallest absolute Gasteiger partial charge is 0.390 e. The molecule has 0 saturated heterocycles. The molecule has 0 atom stereocenters. The maximum absolute atomic E-state index is 11.9. The minimum Gasteiger partial charge on any atom is -0.464 e. The van der Waals surface area contributed by atoms with Crippen molar-refractivity contribution in [2.45, 2.75) is 19.5 Å². The van der Waals surface area contributed by atoms with Gasteiger partial charge < -0.3 is 15.8 Å². The van der Waals surface area contributed by atoms with Crippen molar-refractivity contribution in [3.63, 3.8) is 0 Å². The van der Waals surface area contributed by atoms with Crippen molar-refractivity contribution in [1.29, 1.82) is 0 Å². The van der Waals surface area contributed by atoms with Gasteiger partial charge in [-0.05, 0) is 6.92 Å². The number of rotatable bonds is 5. The maximum atomic E-state index is 11.9. The van der Waals surface area contributed by atoms with Gasteiger partial charge in [0.1, 0.15) is 0 Å². The van der Waals surface area contributed by atoms with Crippen LogP contribution in [0.4, 0.5) is 25.1 Å². The molecular formula is C8H12F3N5O. The van der Waals surface area contributed by atoms with E-state index in [1.165, 1.54) is 0 Å². The van der Waals surface area contributed by atoms with Gasteiger partial charge in [0.2, 0.25) is 11.9 Å². The van der Waals surface area contributed by atoms with E-state index in [1.807, 2.05) is 0 Å². The molecule has 0 amide bonds. The lowest BCUT2D eigenvalue weighted by molar-refractivity contribution is -0.131. The number of alkyl halides is 3. The molecule has 1 aromatic heterocycles. The molecule has 9 heteroatoms. The molecule has 0 radical (unpaired) electrons. The van der Waals surface area contributed by atoms with Gasteiger partial charge in [-0.2, -0.15) is 28.1 Å². The van der Waals surface area contributed by atoms with Crippen LogP contribution < -0.4 is 15.8 Å². The lowest BCUT2D eigenvalue weighted by Crippen LogP contribution is -2.16. The average Bonchev–Trinajstić information content (AvgIpc) is 2.15. The second kappa shape index (κ2) is 5.51. The quantitative estimate of drug-likeness (QED) is 0.818. The standard InChI is InChI=1S/C8H12F3N5O/c1-2-17-7-15-5(12)14-6(16-7)13-4-3-8(9,10)11/h2-4H2,1H3,(H3,12,13,14,15,16). The highest BCUT2D eigenvalue weighted by molar-refractivity contribution is 5.32. The molecule has 0 fully saturated rings. The Bertz CT molecular complexity index is 371. The van der Waals surface area contributed by atoms with E-state index < -0.39 is 12.6 Å². The Hall–Kier alpha value is -1.80. The van der Waals surface area contributed by atoms with Crippen LogP contribution in [-0.4, -0.2) is 34.3 Å². The van der Waals surface area contributed by atoms with Crippen molar-refractivity contribution in [1.82, 2.24) is 15.0 Å². The molecule has 1 heterocycles. The van der Waals surface area contributed by atoms with Crippen LogP contribution in [0.1, 0.15) is 13.3 Å². The van der Waals surface area contributed by atoms with Gasteiger partial charge in [-0.15, -0.1) is 0 Å². The number of aromatic nitrogens is 3. The molecule has 1 aromatic rings. The summed E-state index contributed by atoms with van der Waals surface area (Å²) in [6.45, 7) is 1.71. The van der Waals surface area contributed by atoms with Gasteiger partial charge in [0.15, 0.2) is 0 Å². The van der Waals surface area contributed by atoms with Crippen molar-refractivity contribution in [3.8, 4) is 6.01 Å². The molecule has 1 rings (SSSR count). The summed E-state index contributed by atoms with van der Waals surface area (Å²) in [5.74, 6) is -0.150. The fourth-order valence-corrected chi connectivity index (χ4v) is 0.961. The van der Waals surface area contributed by atoms with E-state index in [0.29, 0.717) is 6.61 Å². The number of hydrogen-bond donors (Lipinski definition) is 2. The van der Waals surface area contributed by atoms with Gasteiger partial charge in [0.25, 0.3) is 0 Å². The number of nitrogens with zero attached hydrogens (tertiary/aromatic N) is 3. The number of nitrogen functional groups attached to an aromatic ring is 1. The molecule has 0 saturated carbocycles. The normalized spacial score (nSPS) is 11.3. The summed E-state index contributed by atoms with van der Waals surface area (Å²) in [4.78, 5) is 11.0. The van der Waals surface area contributed by atoms with E-state index in [9.17, 15) is 13.2 Å². The lowest BCUT2D eigenvalue weighted by Gasteiger charge is -2.08. The number of ether oxygens (including phenoxy) is 1. The van der Waals surface area contributed by atoms with E-state index >= 15 is 0 Å². The Morgan fingerprint density at radius 2 is 2.00 bits per heavy atom. The first kappa shape index (κ1) is 13.3. The summed E-state index contributed by atoms with van der Waals surface area (Å²) in [6, 6.07) is -0.0190. The fraction of sp³-hybridized carbons (Fsp3) is 0.625. The van der Waals surface area contributed by atoms with E-state index in [-0.39, 0.29) is 24.5 Å². The summed E-state index contributed by atoms with van der Waals surface area (Å²) in [7, 11) is 0. The van der Waals surface area contributed by atoms with Crippen molar-refractivity contribution < 1.29 is 17.9 Å². The molecule has 0 aromatic carbocycles. The second-order valence-electron chi connectivity index (χ2n) is 3.02. The topological polar surface area (TPSA) is 86.0 Å². The van der Waals surface area contributed by atoms with Gasteiger partial charge in [-0.1, -0.05) is 0 Å². The van der Waals surface area contributed by atoms with Crippen molar-refractivity contribution in [2.75, 3.05) is 24.2 Å². The Morgan fingerprint density at radius 1 is 1.29 bits per heavy atom. The Balaban J connectivity index is 2.58. The van der Waals surface area contributed by atoms with Crippen molar-refractivity contribution in [2.24, 2.45) is 0 Å². The minimum absolute atomic E-state index is 0.0190. The molecule has 96 valence electrons. The molecule has 0 unspecified atom stereocenters. The summed E-state index contributed by atoms with van der Waals surface area (Å²) in [5.41, 5.74) is 5.34. The lowest BCUT2D eigenvalue weighted by atomic mass is 10.4. The Kier molecular flexibility index (Phi) is 4.30. The van der Waals surface area contributed by atoms with Crippen LogP contribution in [0, 0.1) is 0 Å². The van der Waals surface area contributed by atoms with Crippen molar-refractivity contribution >= 4 is 11.9 Å². The van der Waals surface area contributed by atoms with Gasteiger partial charge in [0, 0.05) is 6.54 Å².